The van der Waals surface area contributed by atoms with Crippen LogP contribution in [0.5, 0.6) is 0 Å². The van der Waals surface area contributed by atoms with Crippen LogP contribution in [-0.4, -0.2) is 16.8 Å². The molecule has 3 N–H and O–H groups in total. The number of nitrogens with one attached hydrogen (secondary N) is 1. The van der Waals surface area contributed by atoms with Crippen molar-refractivity contribution in [1.29, 1.82) is 0 Å². The van der Waals surface area contributed by atoms with E-state index in [2.05, 4.69) is 10.3 Å². The second-order valence-corrected chi connectivity index (χ2v) is 7.87. The zero-order chi connectivity index (χ0) is 18.1. The molecule has 2 heterocycles. The third-order valence-electron chi connectivity index (χ3n) is 3.69. The molecule has 25 heavy (non-hydrogen) atoms. The fourth-order valence-electron chi connectivity index (χ4n) is 2.28. The summed E-state index contributed by atoms with van der Waals surface area (Å²) in [6.07, 6.45) is 0. The zero-order valence-corrected chi connectivity index (χ0v) is 15.8. The summed E-state index contributed by atoms with van der Waals surface area (Å²) in [4.78, 5) is 29.4. The zero-order valence-electron chi connectivity index (χ0n) is 13.4. The number of carbonyl (C=O) groups excluding carboxylic acids is 2. The van der Waals surface area contributed by atoms with Crippen molar-refractivity contribution in [3.63, 3.8) is 0 Å². The van der Waals surface area contributed by atoms with E-state index in [0.29, 0.717) is 15.6 Å². The van der Waals surface area contributed by atoms with Crippen LogP contribution in [0.3, 0.4) is 0 Å². The molecule has 2 aromatic heterocycles. The fraction of sp³-hybridized carbons (Fsp3) is 0.118. The van der Waals surface area contributed by atoms with Crippen LogP contribution in [0.4, 0.5) is 5.00 Å². The molecule has 0 unspecified atom stereocenters. The van der Waals surface area contributed by atoms with E-state index in [1.165, 1.54) is 22.7 Å². The molecular weight excluding hydrogens is 378 g/mol. The van der Waals surface area contributed by atoms with E-state index in [9.17, 15) is 9.59 Å². The summed E-state index contributed by atoms with van der Waals surface area (Å²) >= 11 is 8.57. The normalized spacial score (nSPS) is 10.7. The van der Waals surface area contributed by atoms with E-state index in [-0.39, 0.29) is 11.6 Å². The Labute approximate surface area is 157 Å². The number of primary amides is 1. The summed E-state index contributed by atoms with van der Waals surface area (Å²) in [5.41, 5.74) is 7.73. The van der Waals surface area contributed by atoms with E-state index in [1.54, 1.807) is 17.5 Å². The summed E-state index contributed by atoms with van der Waals surface area (Å²) in [6, 6.07) is 7.24. The molecule has 0 bridgehead atoms. The van der Waals surface area contributed by atoms with E-state index in [0.717, 1.165) is 21.0 Å². The number of anilines is 1. The maximum atomic E-state index is 12.5. The maximum absolute atomic E-state index is 12.5. The molecule has 1 aromatic carbocycles. The number of rotatable bonds is 4. The predicted molar refractivity (Wildman–Crippen MR) is 103 cm³/mol. The van der Waals surface area contributed by atoms with E-state index in [1.807, 2.05) is 26.0 Å². The van der Waals surface area contributed by atoms with Crippen molar-refractivity contribution in [2.24, 2.45) is 5.73 Å². The minimum atomic E-state index is -0.558. The van der Waals surface area contributed by atoms with Gasteiger partial charge in [0.2, 0.25) is 0 Å². The van der Waals surface area contributed by atoms with Crippen molar-refractivity contribution in [1.82, 2.24) is 4.98 Å². The highest BCUT2D eigenvalue weighted by molar-refractivity contribution is 7.17. The number of hydrogen-bond donors (Lipinski definition) is 2. The highest BCUT2D eigenvalue weighted by Crippen LogP contribution is 2.32. The number of aryl methyl sites for hydroxylation is 1. The van der Waals surface area contributed by atoms with Crippen LogP contribution in [0.15, 0.2) is 29.6 Å². The molecule has 0 spiro atoms. The van der Waals surface area contributed by atoms with Gasteiger partial charge in [0.1, 0.15) is 15.7 Å². The molecule has 0 saturated carbocycles. The van der Waals surface area contributed by atoms with Gasteiger partial charge in [-0.15, -0.1) is 22.7 Å². The van der Waals surface area contributed by atoms with Crippen molar-refractivity contribution in [2.45, 2.75) is 13.8 Å². The first-order chi connectivity index (χ1) is 11.9. The van der Waals surface area contributed by atoms with Crippen molar-refractivity contribution in [3.8, 4) is 10.6 Å². The second-order valence-electron chi connectivity index (χ2n) is 5.35. The number of hydrogen-bond acceptors (Lipinski definition) is 5. The van der Waals surface area contributed by atoms with Gasteiger partial charge in [0, 0.05) is 20.8 Å². The highest BCUT2D eigenvalue weighted by Gasteiger charge is 2.20. The van der Waals surface area contributed by atoms with Crippen LogP contribution < -0.4 is 11.1 Å². The fourth-order valence-corrected chi connectivity index (χ4v) is 4.27. The van der Waals surface area contributed by atoms with Gasteiger partial charge in [0.15, 0.2) is 0 Å². The number of thiophene rings is 1. The maximum Gasteiger partial charge on any atom is 0.275 e. The number of nitrogens with zero attached hydrogens (tertiary/aromatic N) is 1. The number of halogens is 1. The molecule has 0 radical (unpaired) electrons. The first-order valence-corrected chi connectivity index (χ1v) is 9.37. The third kappa shape index (κ3) is 3.58. The third-order valence-corrected chi connectivity index (χ3v) is 5.95. The summed E-state index contributed by atoms with van der Waals surface area (Å²) in [5, 5.41) is 6.23. The lowest BCUT2D eigenvalue weighted by Gasteiger charge is -2.03. The van der Waals surface area contributed by atoms with Crippen molar-refractivity contribution in [2.75, 3.05) is 5.32 Å². The topological polar surface area (TPSA) is 85.1 Å². The lowest BCUT2D eigenvalue weighted by molar-refractivity contribution is 0.100. The lowest BCUT2D eigenvalue weighted by atomic mass is 10.1. The van der Waals surface area contributed by atoms with Gasteiger partial charge in [-0.1, -0.05) is 23.7 Å². The molecule has 0 aliphatic heterocycles. The van der Waals surface area contributed by atoms with Gasteiger partial charge in [0.05, 0.1) is 5.56 Å². The number of amides is 2. The Morgan fingerprint density at radius 2 is 1.88 bits per heavy atom. The van der Waals surface area contributed by atoms with Gasteiger partial charge in [0.25, 0.3) is 11.8 Å². The Bertz CT molecular complexity index is 961. The Kier molecular flexibility index (Phi) is 4.89. The van der Waals surface area contributed by atoms with Gasteiger partial charge in [-0.25, -0.2) is 4.98 Å². The highest BCUT2D eigenvalue weighted by atomic mass is 35.5. The van der Waals surface area contributed by atoms with Gasteiger partial charge < -0.3 is 11.1 Å². The summed E-state index contributed by atoms with van der Waals surface area (Å²) in [7, 11) is 0. The molecule has 128 valence electrons. The minimum absolute atomic E-state index is 0.286. The van der Waals surface area contributed by atoms with Crippen LogP contribution in [0, 0.1) is 13.8 Å². The minimum Gasteiger partial charge on any atom is -0.365 e. The quantitative estimate of drug-likeness (QED) is 0.686. The van der Waals surface area contributed by atoms with E-state index < -0.39 is 5.91 Å². The Balaban J connectivity index is 1.85. The van der Waals surface area contributed by atoms with E-state index in [4.69, 9.17) is 17.3 Å². The van der Waals surface area contributed by atoms with Gasteiger partial charge in [-0.3, -0.25) is 9.59 Å². The Morgan fingerprint density at radius 1 is 1.20 bits per heavy atom. The molecule has 0 aliphatic carbocycles. The van der Waals surface area contributed by atoms with Gasteiger partial charge in [-0.05, 0) is 31.5 Å². The summed E-state index contributed by atoms with van der Waals surface area (Å²) in [5.74, 6) is -0.933. The van der Waals surface area contributed by atoms with Crippen LogP contribution in [0.1, 0.15) is 31.3 Å². The molecule has 0 saturated heterocycles. The Morgan fingerprint density at radius 3 is 2.52 bits per heavy atom. The number of nitrogens with two attached hydrogens (primary N) is 1. The largest absolute Gasteiger partial charge is 0.365 e. The lowest BCUT2D eigenvalue weighted by Crippen LogP contribution is -2.17. The molecule has 3 aromatic rings. The van der Waals surface area contributed by atoms with Crippen LogP contribution in [0.2, 0.25) is 5.02 Å². The summed E-state index contributed by atoms with van der Waals surface area (Å²) < 4.78 is 0. The molecular formula is C17H14ClN3O2S2. The van der Waals surface area contributed by atoms with Crippen LogP contribution >= 0.6 is 34.3 Å². The average molecular weight is 392 g/mol. The van der Waals surface area contributed by atoms with E-state index >= 15 is 0 Å². The van der Waals surface area contributed by atoms with Gasteiger partial charge in [-0.2, -0.15) is 0 Å². The first-order valence-electron chi connectivity index (χ1n) is 7.29. The standard InChI is InChI=1S/C17H14ClN3O2S2/c1-8-9(2)25-17(13(8)14(19)22)21-15(23)12-7-24-16(20-12)10-3-5-11(18)6-4-10/h3-7H,1-2H3,(H2,19,22)(H,21,23). The molecule has 0 atom stereocenters. The van der Waals surface area contributed by atoms with Crippen molar-refractivity contribution >= 4 is 51.1 Å². The molecule has 2 amide bonds. The molecule has 0 aliphatic rings. The van der Waals surface area contributed by atoms with Crippen LogP contribution in [-0.2, 0) is 0 Å². The summed E-state index contributed by atoms with van der Waals surface area (Å²) in [6.45, 7) is 3.69. The number of benzene rings is 1. The molecule has 0 fully saturated rings. The molecule has 5 nitrogen and oxygen atoms in total. The van der Waals surface area contributed by atoms with Gasteiger partial charge >= 0.3 is 0 Å². The second kappa shape index (κ2) is 6.95. The monoisotopic (exact) mass is 391 g/mol. The smallest absolute Gasteiger partial charge is 0.275 e. The predicted octanol–water partition coefficient (Wildman–Crippen LogP) is 4.49. The number of carbonyl (C=O) groups is 2. The van der Waals surface area contributed by atoms with Crippen LogP contribution in [0.25, 0.3) is 10.6 Å². The molecule has 8 heteroatoms. The first kappa shape index (κ1) is 17.6. The number of thiazole rings is 1. The van der Waals surface area contributed by atoms with Crippen molar-refractivity contribution < 1.29 is 9.59 Å². The average Bonchev–Trinajstić information content (AvgIpc) is 3.14. The van der Waals surface area contributed by atoms with Crippen molar-refractivity contribution in [3.05, 3.63) is 56.4 Å². The Hall–Kier alpha value is -2.22. The molecule has 3 rings (SSSR count). The SMILES string of the molecule is Cc1sc(NC(=O)c2csc(-c3ccc(Cl)cc3)n2)c(C(N)=O)c1C. The number of aromatic nitrogens is 1.